The van der Waals surface area contributed by atoms with Gasteiger partial charge >= 0.3 is 0 Å². The molecule has 0 saturated carbocycles. The van der Waals surface area contributed by atoms with Gasteiger partial charge in [-0.15, -0.1) is 11.3 Å². The lowest BCUT2D eigenvalue weighted by Crippen LogP contribution is -2.30. The highest BCUT2D eigenvalue weighted by atomic mass is 32.2. The van der Waals surface area contributed by atoms with E-state index in [9.17, 15) is 13.5 Å². The second kappa shape index (κ2) is 5.60. The Morgan fingerprint density at radius 3 is 2.87 bits per heavy atom. The molecule has 1 heterocycles. The van der Waals surface area contributed by atoms with Crippen molar-refractivity contribution in [3.8, 4) is 0 Å². The normalized spacial score (nSPS) is 14.0. The van der Waals surface area contributed by atoms with Gasteiger partial charge in [0.1, 0.15) is 6.10 Å². The summed E-state index contributed by atoms with van der Waals surface area (Å²) in [5, 5.41) is 11.5. The minimum Gasteiger partial charge on any atom is -0.386 e. The Balaban J connectivity index is 2.44. The van der Waals surface area contributed by atoms with Crippen LogP contribution >= 0.6 is 11.3 Å². The number of nitrogens with one attached hydrogen (secondary N) is 1. The summed E-state index contributed by atoms with van der Waals surface area (Å²) in [6.45, 7) is 1.85. The maximum absolute atomic E-state index is 11.3. The first-order chi connectivity index (χ1) is 7.05. The van der Waals surface area contributed by atoms with Crippen LogP contribution in [-0.4, -0.2) is 25.8 Å². The fourth-order valence-electron chi connectivity index (χ4n) is 1.13. The zero-order valence-corrected chi connectivity index (χ0v) is 10.1. The lowest BCUT2D eigenvalue weighted by molar-refractivity contribution is 0.186. The minimum absolute atomic E-state index is 0.0445. The van der Waals surface area contributed by atoms with Gasteiger partial charge < -0.3 is 5.11 Å². The minimum atomic E-state index is -3.22. The molecular formula is C9H15NO3S2. The second-order valence-electron chi connectivity index (χ2n) is 3.20. The zero-order chi connectivity index (χ0) is 11.3. The number of hydrogen-bond donors (Lipinski definition) is 2. The first-order valence-electron chi connectivity index (χ1n) is 4.74. The number of sulfonamides is 1. The van der Waals surface area contributed by atoms with Crippen LogP contribution in [0.15, 0.2) is 17.5 Å². The summed E-state index contributed by atoms with van der Waals surface area (Å²) in [7, 11) is -3.22. The molecule has 1 rings (SSSR count). The summed E-state index contributed by atoms with van der Waals surface area (Å²) in [6.07, 6.45) is -0.179. The molecule has 0 aliphatic rings. The third kappa shape index (κ3) is 4.29. The van der Waals surface area contributed by atoms with Crippen molar-refractivity contribution < 1.29 is 13.5 Å². The number of aliphatic hydroxyl groups is 1. The Morgan fingerprint density at radius 2 is 2.33 bits per heavy atom. The van der Waals surface area contributed by atoms with Crippen LogP contribution in [0.2, 0.25) is 0 Å². The number of rotatable bonds is 6. The molecule has 1 aromatic heterocycles. The molecule has 0 fully saturated rings. The van der Waals surface area contributed by atoms with Crippen molar-refractivity contribution in [1.29, 1.82) is 0 Å². The van der Waals surface area contributed by atoms with E-state index in [0.717, 1.165) is 4.88 Å². The van der Waals surface area contributed by atoms with Gasteiger partial charge in [-0.25, -0.2) is 13.1 Å². The molecule has 0 radical (unpaired) electrons. The van der Waals surface area contributed by atoms with E-state index in [2.05, 4.69) is 4.72 Å². The molecule has 1 unspecified atom stereocenters. The van der Waals surface area contributed by atoms with E-state index < -0.39 is 16.1 Å². The standard InChI is InChI=1S/C9H15NO3S2/c1-2-6-15(12,13)10-7-8(11)9-4-3-5-14-9/h3-5,8,10-11H,2,6-7H2,1H3. The molecule has 2 N–H and O–H groups in total. The molecule has 15 heavy (non-hydrogen) atoms. The summed E-state index contributed by atoms with van der Waals surface area (Å²) in [6, 6.07) is 3.60. The Bertz CT molecular complexity index is 372. The molecule has 0 aliphatic heterocycles. The van der Waals surface area contributed by atoms with Gasteiger partial charge in [-0.1, -0.05) is 13.0 Å². The highest BCUT2D eigenvalue weighted by Gasteiger charge is 2.13. The van der Waals surface area contributed by atoms with Gasteiger partial charge in [-0.05, 0) is 17.9 Å². The molecular weight excluding hydrogens is 234 g/mol. The summed E-state index contributed by atoms with van der Waals surface area (Å²) >= 11 is 1.41. The second-order valence-corrected chi connectivity index (χ2v) is 6.10. The lowest BCUT2D eigenvalue weighted by Gasteiger charge is -2.10. The van der Waals surface area contributed by atoms with Crippen LogP contribution in [0.25, 0.3) is 0 Å². The Morgan fingerprint density at radius 1 is 1.60 bits per heavy atom. The Hall–Kier alpha value is -0.430. The molecule has 1 aromatic rings. The van der Waals surface area contributed by atoms with E-state index in [-0.39, 0.29) is 12.3 Å². The SMILES string of the molecule is CCCS(=O)(=O)NCC(O)c1cccs1. The Kier molecular flexibility index (Phi) is 4.72. The van der Waals surface area contributed by atoms with Crippen LogP contribution in [0, 0.1) is 0 Å². The van der Waals surface area contributed by atoms with Crippen molar-refractivity contribution in [2.45, 2.75) is 19.4 Å². The van der Waals surface area contributed by atoms with Crippen LogP contribution in [0.4, 0.5) is 0 Å². The monoisotopic (exact) mass is 249 g/mol. The smallest absolute Gasteiger partial charge is 0.211 e. The van der Waals surface area contributed by atoms with E-state index in [4.69, 9.17) is 0 Å². The van der Waals surface area contributed by atoms with Gasteiger partial charge in [-0.3, -0.25) is 0 Å². The fraction of sp³-hybridized carbons (Fsp3) is 0.556. The molecule has 6 heteroatoms. The molecule has 1 atom stereocenters. The zero-order valence-electron chi connectivity index (χ0n) is 8.51. The maximum Gasteiger partial charge on any atom is 0.211 e. The molecule has 4 nitrogen and oxygen atoms in total. The van der Waals surface area contributed by atoms with Crippen LogP contribution in [-0.2, 0) is 10.0 Å². The van der Waals surface area contributed by atoms with Crippen LogP contribution in [0.3, 0.4) is 0 Å². The summed E-state index contributed by atoms with van der Waals surface area (Å²) in [5.41, 5.74) is 0. The summed E-state index contributed by atoms with van der Waals surface area (Å²) in [5.74, 6) is 0.101. The van der Waals surface area contributed by atoms with E-state index in [1.165, 1.54) is 11.3 Å². The van der Waals surface area contributed by atoms with Crippen molar-refractivity contribution in [3.05, 3.63) is 22.4 Å². The largest absolute Gasteiger partial charge is 0.386 e. The van der Waals surface area contributed by atoms with E-state index in [1.54, 1.807) is 13.0 Å². The van der Waals surface area contributed by atoms with E-state index >= 15 is 0 Å². The van der Waals surface area contributed by atoms with E-state index in [1.807, 2.05) is 11.4 Å². The van der Waals surface area contributed by atoms with Gasteiger partial charge in [0.05, 0.1) is 5.75 Å². The topological polar surface area (TPSA) is 66.4 Å². The van der Waals surface area contributed by atoms with E-state index in [0.29, 0.717) is 6.42 Å². The van der Waals surface area contributed by atoms with Crippen LogP contribution in [0.1, 0.15) is 24.3 Å². The molecule has 0 bridgehead atoms. The predicted molar refractivity (Wildman–Crippen MR) is 61.4 cm³/mol. The van der Waals surface area contributed by atoms with Crippen molar-refractivity contribution in [1.82, 2.24) is 4.72 Å². The van der Waals surface area contributed by atoms with Crippen LogP contribution < -0.4 is 4.72 Å². The van der Waals surface area contributed by atoms with Crippen molar-refractivity contribution in [3.63, 3.8) is 0 Å². The van der Waals surface area contributed by atoms with Crippen molar-refractivity contribution in [2.24, 2.45) is 0 Å². The highest BCUT2D eigenvalue weighted by Crippen LogP contribution is 2.17. The van der Waals surface area contributed by atoms with Gasteiger partial charge in [0, 0.05) is 11.4 Å². The average Bonchev–Trinajstić information content (AvgIpc) is 2.67. The van der Waals surface area contributed by atoms with Gasteiger partial charge in [0.25, 0.3) is 0 Å². The molecule has 86 valence electrons. The molecule has 0 amide bonds. The predicted octanol–water partition coefficient (Wildman–Crippen LogP) is 1.11. The third-order valence-electron chi connectivity index (χ3n) is 1.84. The number of aliphatic hydroxyl groups excluding tert-OH is 1. The maximum atomic E-state index is 11.3. The van der Waals surface area contributed by atoms with Crippen molar-refractivity contribution >= 4 is 21.4 Å². The molecule has 0 spiro atoms. The van der Waals surface area contributed by atoms with Crippen molar-refractivity contribution in [2.75, 3.05) is 12.3 Å². The van der Waals surface area contributed by atoms with Gasteiger partial charge in [-0.2, -0.15) is 0 Å². The first kappa shape index (κ1) is 12.6. The average molecular weight is 249 g/mol. The van der Waals surface area contributed by atoms with Crippen LogP contribution in [0.5, 0.6) is 0 Å². The Labute approximate surface area is 94.0 Å². The highest BCUT2D eigenvalue weighted by molar-refractivity contribution is 7.89. The quantitative estimate of drug-likeness (QED) is 0.793. The fourth-order valence-corrected chi connectivity index (χ4v) is 2.93. The van der Waals surface area contributed by atoms with Gasteiger partial charge in [0.15, 0.2) is 0 Å². The molecule has 0 aliphatic carbocycles. The number of thiophene rings is 1. The van der Waals surface area contributed by atoms with Gasteiger partial charge in [0.2, 0.25) is 10.0 Å². The summed E-state index contributed by atoms with van der Waals surface area (Å²) in [4.78, 5) is 0.772. The lowest BCUT2D eigenvalue weighted by atomic mass is 10.3. The number of hydrogen-bond acceptors (Lipinski definition) is 4. The first-order valence-corrected chi connectivity index (χ1v) is 7.27. The summed E-state index contributed by atoms with van der Waals surface area (Å²) < 4.78 is 24.9. The molecule has 0 aromatic carbocycles. The molecule has 0 saturated heterocycles. The third-order valence-corrected chi connectivity index (χ3v) is 4.37.